The van der Waals surface area contributed by atoms with Gasteiger partial charge in [0.15, 0.2) is 6.19 Å². The minimum Gasteiger partial charge on any atom is -0.355 e. The zero-order valence-corrected chi connectivity index (χ0v) is 12.3. The van der Waals surface area contributed by atoms with E-state index < -0.39 is 0 Å². The van der Waals surface area contributed by atoms with E-state index in [1.54, 1.807) is 18.1 Å². The molecule has 0 radical (unpaired) electrons. The Morgan fingerprint density at radius 3 is 3.15 bits per heavy atom. The fourth-order valence-electron chi connectivity index (χ4n) is 1.38. The van der Waals surface area contributed by atoms with Crippen molar-refractivity contribution in [3.05, 3.63) is 17.7 Å². The average molecular weight is 290 g/mol. The zero-order valence-electron chi connectivity index (χ0n) is 11.4. The number of nitriles is 1. The highest BCUT2D eigenvalue weighted by molar-refractivity contribution is 7.98. The van der Waals surface area contributed by atoms with Crippen LogP contribution in [0, 0.1) is 30.7 Å². The normalized spacial score (nSPS) is 10.7. The van der Waals surface area contributed by atoms with Gasteiger partial charge in [-0.15, -0.1) is 12.3 Å². The van der Waals surface area contributed by atoms with E-state index in [1.807, 2.05) is 13.1 Å². The summed E-state index contributed by atoms with van der Waals surface area (Å²) in [6.45, 7) is 3.22. The molecule has 106 valence electrons. The summed E-state index contributed by atoms with van der Waals surface area (Å²) >= 11 is 1.78. The summed E-state index contributed by atoms with van der Waals surface area (Å²) in [5.41, 5.74) is 2.18. The van der Waals surface area contributed by atoms with Crippen LogP contribution in [0.1, 0.15) is 17.8 Å². The van der Waals surface area contributed by atoms with Gasteiger partial charge in [0.1, 0.15) is 0 Å². The Hall–Kier alpha value is -2.12. The molecule has 0 saturated carbocycles. The van der Waals surface area contributed by atoms with E-state index in [2.05, 4.69) is 31.5 Å². The molecule has 0 aromatic carbocycles. The Labute approximate surface area is 123 Å². The third kappa shape index (κ3) is 6.17. The van der Waals surface area contributed by atoms with Crippen molar-refractivity contribution in [3.8, 4) is 18.5 Å². The number of imidazole rings is 1. The molecule has 3 N–H and O–H groups in total. The predicted octanol–water partition coefficient (Wildman–Crippen LogP) is 0.991. The molecule has 0 spiro atoms. The quantitative estimate of drug-likeness (QED) is 0.174. The second kappa shape index (κ2) is 9.76. The number of rotatable bonds is 7. The maximum absolute atomic E-state index is 8.61. The first kappa shape index (κ1) is 15.9. The van der Waals surface area contributed by atoms with E-state index >= 15 is 0 Å². The van der Waals surface area contributed by atoms with Crippen molar-refractivity contribution >= 4 is 17.7 Å². The first-order valence-electron chi connectivity index (χ1n) is 6.21. The van der Waals surface area contributed by atoms with E-state index in [-0.39, 0.29) is 0 Å². The Bertz CT molecular complexity index is 508. The van der Waals surface area contributed by atoms with Crippen molar-refractivity contribution in [1.82, 2.24) is 20.6 Å². The number of nitrogens with zero attached hydrogens (tertiary/aromatic N) is 3. The maximum atomic E-state index is 8.61. The third-order valence-electron chi connectivity index (χ3n) is 2.42. The lowest BCUT2D eigenvalue weighted by Gasteiger charge is -2.07. The van der Waals surface area contributed by atoms with Crippen LogP contribution in [0.25, 0.3) is 0 Å². The highest BCUT2D eigenvalue weighted by Gasteiger charge is 2.01. The summed E-state index contributed by atoms with van der Waals surface area (Å²) in [5, 5.41) is 14.2. The summed E-state index contributed by atoms with van der Waals surface area (Å²) in [6.07, 6.45) is 9.27. The van der Waals surface area contributed by atoms with Crippen LogP contribution in [-0.2, 0) is 5.75 Å². The van der Waals surface area contributed by atoms with Crippen LogP contribution < -0.4 is 10.6 Å². The maximum Gasteiger partial charge on any atom is 0.204 e. The van der Waals surface area contributed by atoms with Crippen LogP contribution in [0.3, 0.4) is 0 Å². The average Bonchev–Trinajstić information content (AvgIpc) is 2.84. The molecule has 1 rings (SSSR count). The number of guanidine groups is 1. The highest BCUT2D eigenvalue weighted by Crippen LogP contribution is 2.11. The number of hydrogen-bond donors (Lipinski definition) is 3. The van der Waals surface area contributed by atoms with Gasteiger partial charge in [-0.3, -0.25) is 10.3 Å². The molecule has 0 fully saturated rings. The van der Waals surface area contributed by atoms with E-state index in [0.29, 0.717) is 18.9 Å². The van der Waals surface area contributed by atoms with Crippen molar-refractivity contribution < 1.29 is 0 Å². The predicted molar refractivity (Wildman–Crippen MR) is 82.0 cm³/mol. The van der Waals surface area contributed by atoms with Gasteiger partial charge in [0.05, 0.1) is 18.6 Å². The second-order valence-corrected chi connectivity index (χ2v) is 4.97. The van der Waals surface area contributed by atoms with Crippen LogP contribution in [0.2, 0.25) is 0 Å². The fourth-order valence-corrected chi connectivity index (χ4v) is 2.26. The molecule has 0 saturated heterocycles. The van der Waals surface area contributed by atoms with Gasteiger partial charge >= 0.3 is 0 Å². The minimum absolute atomic E-state index is 0.473. The van der Waals surface area contributed by atoms with Gasteiger partial charge in [0.25, 0.3) is 0 Å². The summed E-state index contributed by atoms with van der Waals surface area (Å²) in [5.74, 6) is 4.77. The summed E-state index contributed by atoms with van der Waals surface area (Å²) in [4.78, 5) is 11.4. The van der Waals surface area contributed by atoms with Crippen molar-refractivity contribution in [2.45, 2.75) is 19.1 Å². The Balaban J connectivity index is 2.21. The van der Waals surface area contributed by atoms with Gasteiger partial charge in [-0.25, -0.2) is 4.98 Å². The van der Waals surface area contributed by atoms with E-state index in [4.69, 9.17) is 11.7 Å². The number of aromatic amines is 1. The Morgan fingerprint density at radius 2 is 2.50 bits per heavy atom. The van der Waals surface area contributed by atoms with Crippen molar-refractivity contribution in [2.24, 2.45) is 4.99 Å². The molecule has 0 amide bonds. The van der Waals surface area contributed by atoms with Crippen molar-refractivity contribution in [2.75, 3.05) is 18.8 Å². The number of hydrogen-bond acceptors (Lipinski definition) is 4. The lowest BCUT2D eigenvalue weighted by atomic mass is 10.4. The number of thioether (sulfide) groups is 1. The lowest BCUT2D eigenvalue weighted by molar-refractivity contribution is 0.903. The monoisotopic (exact) mass is 290 g/mol. The summed E-state index contributed by atoms with van der Waals surface area (Å²) < 4.78 is 0. The summed E-state index contributed by atoms with van der Waals surface area (Å²) in [6, 6.07) is 0. The molecule has 0 unspecified atom stereocenters. The molecule has 0 aliphatic rings. The highest BCUT2D eigenvalue weighted by atomic mass is 32.2. The molecule has 0 atom stereocenters. The van der Waals surface area contributed by atoms with Gasteiger partial charge < -0.3 is 10.3 Å². The standard InChI is InChI=1S/C13H18N6S/c1-3-4-5-15-13(17-9-14)16-6-7-20-8-12-11(2)18-10-19-12/h1,10H,4-8H2,2H3,(H,18,19)(H2,15,16,17). The molecule has 0 bridgehead atoms. The van der Waals surface area contributed by atoms with E-state index in [0.717, 1.165) is 29.4 Å². The van der Waals surface area contributed by atoms with Crippen LogP contribution >= 0.6 is 11.8 Å². The smallest absolute Gasteiger partial charge is 0.204 e. The molecule has 20 heavy (non-hydrogen) atoms. The van der Waals surface area contributed by atoms with E-state index in [1.165, 1.54) is 0 Å². The number of nitrogens with one attached hydrogen (secondary N) is 3. The first-order valence-corrected chi connectivity index (χ1v) is 7.37. The zero-order chi connectivity index (χ0) is 14.6. The van der Waals surface area contributed by atoms with Gasteiger partial charge in [0.2, 0.25) is 5.96 Å². The number of aryl methyl sites for hydroxylation is 1. The van der Waals surface area contributed by atoms with Crippen LogP contribution in [0.15, 0.2) is 11.3 Å². The number of terminal acetylenes is 1. The van der Waals surface area contributed by atoms with Gasteiger partial charge in [-0.05, 0) is 6.92 Å². The number of aliphatic imine (C=N–C) groups is 1. The Morgan fingerprint density at radius 1 is 1.65 bits per heavy atom. The molecule has 6 nitrogen and oxygen atoms in total. The van der Waals surface area contributed by atoms with Crippen molar-refractivity contribution in [3.63, 3.8) is 0 Å². The molecule has 1 heterocycles. The molecular formula is C13H18N6S. The largest absolute Gasteiger partial charge is 0.355 e. The first-order chi connectivity index (χ1) is 9.77. The topological polar surface area (TPSA) is 88.9 Å². The minimum atomic E-state index is 0.473. The number of aromatic nitrogens is 2. The molecule has 0 aliphatic carbocycles. The molecule has 7 heteroatoms. The van der Waals surface area contributed by atoms with Crippen molar-refractivity contribution in [1.29, 1.82) is 5.26 Å². The van der Waals surface area contributed by atoms with Crippen LogP contribution in [0.4, 0.5) is 0 Å². The van der Waals surface area contributed by atoms with Gasteiger partial charge in [0, 0.05) is 30.2 Å². The van der Waals surface area contributed by atoms with Gasteiger partial charge in [-0.1, -0.05) is 0 Å². The molecule has 0 aliphatic heterocycles. The third-order valence-corrected chi connectivity index (χ3v) is 3.40. The molecule has 1 aromatic heterocycles. The summed E-state index contributed by atoms with van der Waals surface area (Å²) in [7, 11) is 0. The second-order valence-electron chi connectivity index (χ2n) is 3.87. The number of H-pyrrole nitrogens is 1. The lowest BCUT2D eigenvalue weighted by Crippen LogP contribution is -2.36. The van der Waals surface area contributed by atoms with Crippen LogP contribution in [-0.4, -0.2) is 34.8 Å². The Kier molecular flexibility index (Phi) is 7.78. The SMILES string of the molecule is C#CCC/N=C(\NC#N)NCCSCc1[nH]cnc1C. The molecular weight excluding hydrogens is 272 g/mol. The fraction of sp³-hybridized carbons (Fsp3) is 0.462. The van der Waals surface area contributed by atoms with Crippen LogP contribution in [0.5, 0.6) is 0 Å². The van der Waals surface area contributed by atoms with E-state index in [9.17, 15) is 0 Å². The van der Waals surface area contributed by atoms with Gasteiger partial charge in [-0.2, -0.15) is 17.0 Å². The molecule has 1 aromatic rings.